The topological polar surface area (TPSA) is 66.4 Å². The Balaban J connectivity index is 1.82. The van der Waals surface area contributed by atoms with E-state index in [1.54, 1.807) is 30.3 Å². The third-order valence-corrected chi connectivity index (χ3v) is 5.10. The van der Waals surface area contributed by atoms with Crippen LogP contribution < -0.4 is 5.32 Å². The highest BCUT2D eigenvalue weighted by molar-refractivity contribution is 7.18. The maximum absolute atomic E-state index is 12.3. The molecule has 0 aliphatic rings. The van der Waals surface area contributed by atoms with Crippen LogP contribution in [0.15, 0.2) is 60.7 Å². The van der Waals surface area contributed by atoms with Crippen molar-refractivity contribution in [2.75, 3.05) is 11.9 Å². The molecule has 0 fully saturated rings. The summed E-state index contributed by atoms with van der Waals surface area (Å²) >= 11 is 7.20. The van der Waals surface area contributed by atoms with E-state index in [0.717, 1.165) is 10.4 Å². The fourth-order valence-corrected chi connectivity index (χ4v) is 3.60. The number of aromatic carboxylic acids is 1. The molecule has 0 aliphatic carbocycles. The Morgan fingerprint density at radius 1 is 1.04 bits per heavy atom. The summed E-state index contributed by atoms with van der Waals surface area (Å²) in [5.41, 5.74) is 1.77. The van der Waals surface area contributed by atoms with Gasteiger partial charge < -0.3 is 10.4 Å². The van der Waals surface area contributed by atoms with E-state index in [2.05, 4.69) is 5.32 Å². The number of carboxylic acids is 1. The number of thiophene rings is 1. The number of hydrogen-bond donors (Lipinski definition) is 2. The van der Waals surface area contributed by atoms with Gasteiger partial charge in [-0.15, -0.1) is 11.3 Å². The van der Waals surface area contributed by atoms with Gasteiger partial charge in [0, 0.05) is 10.4 Å². The van der Waals surface area contributed by atoms with Gasteiger partial charge in [0.25, 0.3) is 0 Å². The van der Waals surface area contributed by atoms with Crippen LogP contribution in [0.2, 0.25) is 5.02 Å². The van der Waals surface area contributed by atoms with E-state index in [0.29, 0.717) is 16.3 Å². The van der Waals surface area contributed by atoms with Crippen molar-refractivity contribution in [1.82, 2.24) is 0 Å². The zero-order valence-electron chi connectivity index (χ0n) is 13.0. The lowest BCUT2D eigenvalue weighted by molar-refractivity contribution is 0.0702. The fraction of sp³-hybridized carbons (Fsp3) is 0.0526. The molecule has 3 rings (SSSR count). The number of carbonyl (C=O) groups excluding carboxylic acids is 1. The van der Waals surface area contributed by atoms with Gasteiger partial charge in [0.2, 0.25) is 0 Å². The molecule has 2 N–H and O–H groups in total. The van der Waals surface area contributed by atoms with Crippen LogP contribution in [0, 0.1) is 0 Å². The SMILES string of the molecule is O=C(CNc1cc(-c2ccccc2)sc1C(=O)O)c1ccccc1Cl. The standard InChI is InChI=1S/C19H14ClNO3S/c20-14-9-5-4-8-13(14)16(22)11-21-15-10-17(25-18(15)19(23)24)12-6-2-1-3-7-12/h1-10,21H,11H2,(H,23,24). The average molecular weight is 372 g/mol. The highest BCUT2D eigenvalue weighted by Gasteiger charge is 2.18. The van der Waals surface area contributed by atoms with E-state index in [9.17, 15) is 14.7 Å². The van der Waals surface area contributed by atoms with Gasteiger partial charge in [0.15, 0.2) is 5.78 Å². The summed E-state index contributed by atoms with van der Waals surface area (Å²) in [5, 5.41) is 12.7. The lowest BCUT2D eigenvalue weighted by atomic mass is 10.1. The number of anilines is 1. The molecule has 0 atom stereocenters. The molecular weight excluding hydrogens is 358 g/mol. The molecule has 0 saturated heterocycles. The fourth-order valence-electron chi connectivity index (χ4n) is 2.38. The Labute approximate surface area is 153 Å². The number of carbonyl (C=O) groups is 2. The van der Waals surface area contributed by atoms with Gasteiger partial charge in [-0.25, -0.2) is 4.79 Å². The van der Waals surface area contributed by atoms with E-state index < -0.39 is 5.97 Å². The normalized spacial score (nSPS) is 10.4. The zero-order valence-corrected chi connectivity index (χ0v) is 14.6. The second-order valence-corrected chi connectivity index (χ2v) is 6.74. The molecule has 0 aliphatic heterocycles. The second-order valence-electron chi connectivity index (χ2n) is 5.28. The molecule has 1 heterocycles. The van der Waals surface area contributed by atoms with Gasteiger partial charge in [0.1, 0.15) is 4.88 Å². The summed E-state index contributed by atoms with van der Waals surface area (Å²) < 4.78 is 0. The van der Waals surface area contributed by atoms with Gasteiger partial charge in [0.05, 0.1) is 17.3 Å². The third-order valence-electron chi connectivity index (χ3n) is 3.60. The van der Waals surface area contributed by atoms with Crippen LogP contribution in [0.4, 0.5) is 5.69 Å². The summed E-state index contributed by atoms with van der Waals surface area (Å²) in [6.07, 6.45) is 0. The first kappa shape index (κ1) is 17.2. The minimum Gasteiger partial charge on any atom is -0.477 e. The lowest BCUT2D eigenvalue weighted by Crippen LogP contribution is -2.15. The molecule has 0 amide bonds. The summed E-state index contributed by atoms with van der Waals surface area (Å²) in [6, 6.07) is 18.0. The number of rotatable bonds is 6. The molecule has 3 aromatic rings. The summed E-state index contributed by atoms with van der Waals surface area (Å²) in [7, 11) is 0. The number of Topliss-reactive ketones (excluding diaryl/α,β-unsaturated/α-hetero) is 1. The summed E-state index contributed by atoms with van der Waals surface area (Å²) in [5.74, 6) is -1.23. The van der Waals surface area contributed by atoms with Crippen molar-refractivity contribution < 1.29 is 14.7 Å². The first-order chi connectivity index (χ1) is 12.1. The van der Waals surface area contributed by atoms with Crippen LogP contribution in [-0.2, 0) is 0 Å². The highest BCUT2D eigenvalue weighted by atomic mass is 35.5. The molecule has 2 aromatic carbocycles. The largest absolute Gasteiger partial charge is 0.477 e. The highest BCUT2D eigenvalue weighted by Crippen LogP contribution is 2.34. The molecule has 0 unspecified atom stereocenters. The van der Waals surface area contributed by atoms with E-state index in [4.69, 9.17) is 11.6 Å². The van der Waals surface area contributed by atoms with E-state index in [-0.39, 0.29) is 17.2 Å². The van der Waals surface area contributed by atoms with Crippen LogP contribution in [-0.4, -0.2) is 23.4 Å². The maximum atomic E-state index is 12.3. The number of hydrogen-bond acceptors (Lipinski definition) is 4. The van der Waals surface area contributed by atoms with E-state index >= 15 is 0 Å². The molecule has 1 aromatic heterocycles. The van der Waals surface area contributed by atoms with Gasteiger partial charge in [-0.1, -0.05) is 54.1 Å². The minimum absolute atomic E-state index is 0.0328. The Kier molecular flexibility index (Phi) is 5.16. The molecule has 0 saturated carbocycles. The molecular formula is C19H14ClNO3S. The predicted molar refractivity (Wildman–Crippen MR) is 101 cm³/mol. The van der Waals surface area contributed by atoms with Crippen molar-refractivity contribution in [2.24, 2.45) is 0 Å². The number of carboxylic acid groups (broad SMARTS) is 1. The number of benzene rings is 2. The number of nitrogens with one attached hydrogen (secondary N) is 1. The monoisotopic (exact) mass is 371 g/mol. The summed E-state index contributed by atoms with van der Waals surface area (Å²) in [4.78, 5) is 24.8. The second kappa shape index (κ2) is 7.51. The predicted octanol–water partition coefficient (Wildman–Crippen LogP) is 5.06. The quantitative estimate of drug-likeness (QED) is 0.594. The van der Waals surface area contributed by atoms with Crippen molar-refractivity contribution in [3.63, 3.8) is 0 Å². The van der Waals surface area contributed by atoms with Crippen LogP contribution in [0.25, 0.3) is 10.4 Å². The van der Waals surface area contributed by atoms with Crippen molar-refractivity contribution >= 4 is 40.4 Å². The van der Waals surface area contributed by atoms with Crippen LogP contribution in [0.3, 0.4) is 0 Å². The average Bonchev–Trinajstić information content (AvgIpc) is 3.05. The molecule has 25 heavy (non-hydrogen) atoms. The number of ketones is 1. The molecule has 126 valence electrons. The van der Waals surface area contributed by atoms with Crippen LogP contribution >= 0.6 is 22.9 Å². The van der Waals surface area contributed by atoms with Crippen LogP contribution in [0.1, 0.15) is 20.0 Å². The summed E-state index contributed by atoms with van der Waals surface area (Å²) in [6.45, 7) is -0.0328. The minimum atomic E-state index is -1.03. The molecule has 0 radical (unpaired) electrons. The van der Waals surface area contributed by atoms with Crippen molar-refractivity contribution in [3.05, 3.63) is 76.1 Å². The van der Waals surface area contributed by atoms with Gasteiger partial charge in [-0.3, -0.25) is 4.79 Å². The zero-order chi connectivity index (χ0) is 17.8. The Hall–Kier alpha value is -2.63. The third kappa shape index (κ3) is 3.90. The molecule has 0 bridgehead atoms. The maximum Gasteiger partial charge on any atom is 0.348 e. The van der Waals surface area contributed by atoms with Crippen LogP contribution in [0.5, 0.6) is 0 Å². The number of halogens is 1. The molecule has 4 nitrogen and oxygen atoms in total. The van der Waals surface area contributed by atoms with Crippen molar-refractivity contribution in [3.8, 4) is 10.4 Å². The first-order valence-corrected chi connectivity index (χ1v) is 8.70. The Morgan fingerprint density at radius 2 is 1.72 bits per heavy atom. The van der Waals surface area contributed by atoms with Gasteiger partial charge >= 0.3 is 5.97 Å². The van der Waals surface area contributed by atoms with Gasteiger partial charge in [-0.05, 0) is 23.8 Å². The van der Waals surface area contributed by atoms with Crippen molar-refractivity contribution in [2.45, 2.75) is 0 Å². The Bertz CT molecular complexity index is 921. The van der Waals surface area contributed by atoms with E-state index in [1.807, 2.05) is 30.3 Å². The lowest BCUT2D eigenvalue weighted by Gasteiger charge is -2.06. The molecule has 6 heteroatoms. The molecule has 0 spiro atoms. The van der Waals surface area contributed by atoms with E-state index in [1.165, 1.54) is 11.3 Å². The van der Waals surface area contributed by atoms with Crippen molar-refractivity contribution in [1.29, 1.82) is 0 Å². The Morgan fingerprint density at radius 3 is 2.40 bits per heavy atom. The smallest absolute Gasteiger partial charge is 0.348 e. The van der Waals surface area contributed by atoms with Gasteiger partial charge in [-0.2, -0.15) is 0 Å². The first-order valence-electron chi connectivity index (χ1n) is 7.50.